The first kappa shape index (κ1) is 21.2. The zero-order valence-corrected chi connectivity index (χ0v) is 18.8. The quantitative estimate of drug-likeness (QED) is 0.358. The number of hydrogen-bond donors (Lipinski definition) is 2. The third-order valence-corrected chi connectivity index (χ3v) is 6.94. The van der Waals surface area contributed by atoms with Crippen molar-refractivity contribution in [2.24, 2.45) is 5.92 Å². The Labute approximate surface area is 186 Å². The number of aromatic amines is 2. The molecule has 4 rings (SSSR count). The van der Waals surface area contributed by atoms with Gasteiger partial charge in [0.15, 0.2) is 5.16 Å². The molecule has 1 aromatic carbocycles. The normalized spacial score (nSPS) is 14.9. The maximum Gasteiger partial charge on any atom is 0.254 e. The van der Waals surface area contributed by atoms with Crippen LogP contribution in [0.15, 0.2) is 40.3 Å². The van der Waals surface area contributed by atoms with Crippen molar-refractivity contribution in [3.63, 3.8) is 0 Å². The third kappa shape index (κ3) is 5.16. The van der Waals surface area contributed by atoms with E-state index in [0.717, 1.165) is 41.1 Å². The predicted octanol–water partition coefficient (Wildman–Crippen LogP) is 5.79. The first-order chi connectivity index (χ1) is 14.6. The Morgan fingerprint density at radius 3 is 2.67 bits per heavy atom. The molecule has 0 unspecified atom stereocenters. The summed E-state index contributed by atoms with van der Waals surface area (Å²) in [6.45, 7) is 2.03. The standard InChI is InChI=1S/C23H27ClN4OS/c1-2-19-21(12-15-6-4-3-5-7-15)25-23(26-22(19)29)30-14-18-13-20(28-27-18)16-8-10-17(24)11-9-16/h8-11,13,15H,2-7,12,14H2,1H3,(H,27,28)(H,25,26,29). The second-order valence-corrected chi connectivity index (χ2v) is 9.33. The highest BCUT2D eigenvalue weighted by molar-refractivity contribution is 7.98. The van der Waals surface area contributed by atoms with Crippen LogP contribution in [0.3, 0.4) is 0 Å². The Morgan fingerprint density at radius 2 is 1.93 bits per heavy atom. The van der Waals surface area contributed by atoms with Gasteiger partial charge in [-0.1, -0.05) is 74.5 Å². The van der Waals surface area contributed by atoms with Gasteiger partial charge in [0, 0.05) is 16.3 Å². The molecule has 2 N–H and O–H groups in total. The van der Waals surface area contributed by atoms with Gasteiger partial charge in [-0.3, -0.25) is 9.89 Å². The van der Waals surface area contributed by atoms with Gasteiger partial charge in [0.25, 0.3) is 5.56 Å². The maximum atomic E-state index is 12.6. The molecular formula is C23H27ClN4OS. The van der Waals surface area contributed by atoms with Gasteiger partial charge in [-0.15, -0.1) is 0 Å². The number of hydrogen-bond acceptors (Lipinski definition) is 4. The lowest BCUT2D eigenvalue weighted by Crippen LogP contribution is -2.21. The van der Waals surface area contributed by atoms with Crippen molar-refractivity contribution in [2.75, 3.05) is 0 Å². The monoisotopic (exact) mass is 442 g/mol. The summed E-state index contributed by atoms with van der Waals surface area (Å²) >= 11 is 7.49. The molecule has 0 saturated heterocycles. The molecule has 158 valence electrons. The van der Waals surface area contributed by atoms with E-state index >= 15 is 0 Å². The van der Waals surface area contributed by atoms with Crippen LogP contribution < -0.4 is 5.56 Å². The smallest absolute Gasteiger partial charge is 0.254 e. The van der Waals surface area contributed by atoms with Crippen LogP contribution in [0.5, 0.6) is 0 Å². The van der Waals surface area contributed by atoms with Crippen molar-refractivity contribution < 1.29 is 0 Å². The second-order valence-electron chi connectivity index (χ2n) is 7.93. The van der Waals surface area contributed by atoms with E-state index in [-0.39, 0.29) is 5.56 Å². The fourth-order valence-electron chi connectivity index (χ4n) is 4.14. The predicted molar refractivity (Wildman–Crippen MR) is 123 cm³/mol. The Morgan fingerprint density at radius 1 is 1.17 bits per heavy atom. The van der Waals surface area contributed by atoms with Crippen LogP contribution in [0.4, 0.5) is 0 Å². The number of rotatable bonds is 7. The molecule has 0 radical (unpaired) electrons. The van der Waals surface area contributed by atoms with Crippen molar-refractivity contribution in [2.45, 2.75) is 62.8 Å². The van der Waals surface area contributed by atoms with E-state index in [1.807, 2.05) is 37.3 Å². The SMILES string of the molecule is CCc1c(CC2CCCCC2)nc(SCc2cc(-c3ccc(Cl)cc3)[nH]n2)[nH]c1=O. The largest absolute Gasteiger partial charge is 0.301 e. The molecule has 0 amide bonds. The highest BCUT2D eigenvalue weighted by Crippen LogP contribution is 2.28. The Hall–Kier alpha value is -2.05. The van der Waals surface area contributed by atoms with E-state index in [2.05, 4.69) is 15.2 Å². The van der Waals surface area contributed by atoms with Gasteiger partial charge in [0.1, 0.15) is 0 Å². The molecule has 0 atom stereocenters. The molecule has 2 heterocycles. The van der Waals surface area contributed by atoms with Crippen LogP contribution >= 0.6 is 23.4 Å². The molecule has 1 aliphatic carbocycles. The summed E-state index contributed by atoms with van der Waals surface area (Å²) in [5.74, 6) is 1.30. The van der Waals surface area contributed by atoms with Crippen LogP contribution in [-0.2, 0) is 18.6 Å². The number of H-pyrrole nitrogens is 2. The average Bonchev–Trinajstić information content (AvgIpc) is 3.22. The summed E-state index contributed by atoms with van der Waals surface area (Å²) in [6.07, 6.45) is 8.07. The van der Waals surface area contributed by atoms with Crippen molar-refractivity contribution >= 4 is 23.4 Å². The number of nitrogens with one attached hydrogen (secondary N) is 2. The van der Waals surface area contributed by atoms with Crippen LogP contribution in [0.25, 0.3) is 11.3 Å². The van der Waals surface area contributed by atoms with Crippen LogP contribution in [0.1, 0.15) is 56.0 Å². The van der Waals surface area contributed by atoms with Crippen LogP contribution in [-0.4, -0.2) is 20.2 Å². The summed E-state index contributed by atoms with van der Waals surface area (Å²) < 4.78 is 0. The highest BCUT2D eigenvalue weighted by Gasteiger charge is 2.18. The van der Waals surface area contributed by atoms with Gasteiger partial charge >= 0.3 is 0 Å². The lowest BCUT2D eigenvalue weighted by atomic mass is 9.85. The lowest BCUT2D eigenvalue weighted by Gasteiger charge is -2.22. The zero-order valence-electron chi connectivity index (χ0n) is 17.2. The Bertz CT molecular complexity index is 1040. The Balaban J connectivity index is 1.46. The van der Waals surface area contributed by atoms with E-state index in [1.54, 1.807) is 0 Å². The van der Waals surface area contributed by atoms with Gasteiger partial charge in [-0.2, -0.15) is 5.10 Å². The number of aromatic nitrogens is 4. The second kappa shape index (κ2) is 9.84. The summed E-state index contributed by atoms with van der Waals surface area (Å²) in [7, 11) is 0. The molecule has 2 aromatic heterocycles. The van der Waals surface area contributed by atoms with Gasteiger partial charge < -0.3 is 4.98 Å². The topological polar surface area (TPSA) is 74.4 Å². The molecule has 0 aliphatic heterocycles. The number of nitrogens with zero attached hydrogens (tertiary/aromatic N) is 2. The molecule has 0 bridgehead atoms. The van der Waals surface area contributed by atoms with Crippen molar-refractivity contribution in [1.29, 1.82) is 0 Å². The molecule has 5 nitrogen and oxygen atoms in total. The molecular weight excluding hydrogens is 416 g/mol. The molecule has 1 fully saturated rings. The molecule has 30 heavy (non-hydrogen) atoms. The fourth-order valence-corrected chi connectivity index (χ4v) is 5.04. The maximum absolute atomic E-state index is 12.6. The van der Waals surface area contributed by atoms with Gasteiger partial charge in [0.05, 0.1) is 17.1 Å². The molecule has 1 aliphatic rings. The van der Waals surface area contributed by atoms with E-state index in [9.17, 15) is 4.79 Å². The minimum Gasteiger partial charge on any atom is -0.301 e. The summed E-state index contributed by atoms with van der Waals surface area (Å²) in [6, 6.07) is 9.69. The lowest BCUT2D eigenvalue weighted by molar-refractivity contribution is 0.352. The molecule has 3 aromatic rings. The summed E-state index contributed by atoms with van der Waals surface area (Å²) in [5, 5.41) is 8.87. The zero-order chi connectivity index (χ0) is 20.9. The molecule has 7 heteroatoms. The summed E-state index contributed by atoms with van der Waals surface area (Å²) in [4.78, 5) is 20.4. The van der Waals surface area contributed by atoms with Crippen LogP contribution in [0, 0.1) is 5.92 Å². The number of halogens is 1. The third-order valence-electron chi connectivity index (χ3n) is 5.78. The van der Waals surface area contributed by atoms with E-state index in [1.165, 1.54) is 43.9 Å². The first-order valence-corrected chi connectivity index (χ1v) is 12.0. The van der Waals surface area contributed by atoms with Crippen molar-refractivity contribution in [3.05, 3.63) is 62.7 Å². The average molecular weight is 443 g/mol. The van der Waals surface area contributed by atoms with Gasteiger partial charge in [-0.25, -0.2) is 4.98 Å². The number of thioether (sulfide) groups is 1. The van der Waals surface area contributed by atoms with Crippen molar-refractivity contribution in [1.82, 2.24) is 20.2 Å². The number of benzene rings is 1. The van der Waals surface area contributed by atoms with Crippen molar-refractivity contribution in [3.8, 4) is 11.3 Å². The van der Waals surface area contributed by atoms with E-state index in [0.29, 0.717) is 21.8 Å². The molecule has 0 spiro atoms. The van der Waals surface area contributed by atoms with E-state index < -0.39 is 0 Å². The van der Waals surface area contributed by atoms with Crippen LogP contribution in [0.2, 0.25) is 5.02 Å². The Kier molecular flexibility index (Phi) is 6.95. The highest BCUT2D eigenvalue weighted by atomic mass is 35.5. The molecule has 1 saturated carbocycles. The first-order valence-electron chi connectivity index (χ1n) is 10.7. The fraction of sp³-hybridized carbons (Fsp3) is 0.435. The summed E-state index contributed by atoms with van der Waals surface area (Å²) in [5.41, 5.74) is 4.74. The van der Waals surface area contributed by atoms with Gasteiger partial charge in [-0.05, 0) is 42.5 Å². The minimum atomic E-state index is 0.00434. The minimum absolute atomic E-state index is 0.00434. The van der Waals surface area contributed by atoms with E-state index in [4.69, 9.17) is 16.6 Å². The van der Waals surface area contributed by atoms with Gasteiger partial charge in [0.2, 0.25) is 0 Å².